The topological polar surface area (TPSA) is 43.8 Å². The molecule has 1 N–H and O–H groups in total. The number of aliphatic hydroxyl groups excluding tert-OH is 1. The number of amides is 2. The van der Waals surface area contributed by atoms with E-state index in [1.54, 1.807) is 0 Å². The number of halogens is 1. The Balaban J connectivity index is 2.41. The third-order valence-electron chi connectivity index (χ3n) is 1.41. The molecule has 5 heteroatoms. The van der Waals surface area contributed by atoms with Crippen LogP contribution in [0.4, 0.5) is 4.79 Å². The largest absolute Gasteiger partial charge is 0.395 e. The summed E-state index contributed by atoms with van der Waals surface area (Å²) in [5.74, 6) is 0. The summed E-state index contributed by atoms with van der Waals surface area (Å²) < 4.78 is 1.12. The maximum absolute atomic E-state index is 10.9. The summed E-state index contributed by atoms with van der Waals surface area (Å²) in [6.45, 7) is 1.53. The minimum Gasteiger partial charge on any atom is -0.395 e. The lowest BCUT2D eigenvalue weighted by molar-refractivity contribution is 0.190. The highest BCUT2D eigenvalue weighted by Crippen LogP contribution is 2.09. The lowest BCUT2D eigenvalue weighted by atomic mass is 10.5. The second-order valence-corrected chi connectivity index (χ2v) is 2.49. The Bertz CT molecular complexity index is 140. The minimum atomic E-state index is -0.212. The predicted molar refractivity (Wildman–Crippen MR) is 36.6 cm³/mol. The molecule has 1 saturated heterocycles. The Hall–Kier alpha value is -0.480. The molecule has 10 heavy (non-hydrogen) atoms. The molecule has 0 spiro atoms. The zero-order valence-corrected chi connectivity index (χ0v) is 6.21. The second kappa shape index (κ2) is 3.07. The molecule has 0 atom stereocenters. The zero-order valence-electron chi connectivity index (χ0n) is 5.46. The molecule has 1 heterocycles. The van der Waals surface area contributed by atoms with Crippen molar-refractivity contribution >= 4 is 17.8 Å². The van der Waals surface area contributed by atoms with Gasteiger partial charge in [-0.05, 0) is 0 Å². The third-order valence-corrected chi connectivity index (χ3v) is 1.73. The van der Waals surface area contributed by atoms with E-state index in [-0.39, 0.29) is 12.6 Å². The van der Waals surface area contributed by atoms with E-state index in [0.717, 1.165) is 4.42 Å². The predicted octanol–water partition coefficient (Wildman–Crippen LogP) is -0.130. The van der Waals surface area contributed by atoms with Gasteiger partial charge in [0.15, 0.2) is 0 Å². The number of β-amino-alcohol motifs (C(OH)–C–C–N with tert-alkyl or cyclic N) is 1. The Kier molecular flexibility index (Phi) is 2.34. The summed E-state index contributed by atoms with van der Waals surface area (Å²) in [4.78, 5) is 12.4. The molecule has 1 rings (SSSR count). The third kappa shape index (κ3) is 1.33. The van der Waals surface area contributed by atoms with E-state index in [9.17, 15) is 4.79 Å². The van der Waals surface area contributed by atoms with Crippen LogP contribution in [0.3, 0.4) is 0 Å². The van der Waals surface area contributed by atoms with Crippen molar-refractivity contribution in [3.63, 3.8) is 0 Å². The molecule has 1 aliphatic heterocycles. The van der Waals surface area contributed by atoms with E-state index >= 15 is 0 Å². The number of hydrogen-bond acceptors (Lipinski definition) is 2. The number of hydrogen-bond donors (Lipinski definition) is 1. The summed E-state index contributed by atoms with van der Waals surface area (Å²) in [7, 11) is 0. The van der Waals surface area contributed by atoms with Gasteiger partial charge in [0.25, 0.3) is 0 Å². The van der Waals surface area contributed by atoms with Crippen LogP contribution in [0, 0.1) is 0 Å². The minimum absolute atomic E-state index is 0.00350. The lowest BCUT2D eigenvalue weighted by Crippen LogP contribution is -2.29. The molecular formula is C5H9ClN2O2. The lowest BCUT2D eigenvalue weighted by Gasteiger charge is -2.11. The molecule has 1 fully saturated rings. The summed E-state index contributed by atoms with van der Waals surface area (Å²) in [6, 6.07) is -0.212. The molecule has 1 aliphatic rings. The van der Waals surface area contributed by atoms with Crippen LogP contribution in [0.15, 0.2) is 0 Å². The average Bonchev–Trinajstić information content (AvgIpc) is 2.20. The van der Waals surface area contributed by atoms with E-state index in [0.29, 0.717) is 19.6 Å². The van der Waals surface area contributed by atoms with E-state index in [4.69, 9.17) is 16.9 Å². The fourth-order valence-corrected chi connectivity index (χ4v) is 1.06. The van der Waals surface area contributed by atoms with Crippen molar-refractivity contribution < 1.29 is 9.90 Å². The van der Waals surface area contributed by atoms with E-state index in [2.05, 4.69) is 0 Å². The Morgan fingerprint density at radius 3 is 2.70 bits per heavy atom. The first-order valence-corrected chi connectivity index (χ1v) is 3.42. The van der Waals surface area contributed by atoms with Gasteiger partial charge in [-0.1, -0.05) is 0 Å². The van der Waals surface area contributed by atoms with Crippen LogP contribution in [0.5, 0.6) is 0 Å². The van der Waals surface area contributed by atoms with Crippen molar-refractivity contribution in [1.29, 1.82) is 0 Å². The van der Waals surface area contributed by atoms with Crippen LogP contribution < -0.4 is 0 Å². The van der Waals surface area contributed by atoms with Gasteiger partial charge >= 0.3 is 6.03 Å². The monoisotopic (exact) mass is 164 g/mol. The van der Waals surface area contributed by atoms with Crippen molar-refractivity contribution in [3.05, 3.63) is 0 Å². The van der Waals surface area contributed by atoms with Gasteiger partial charge in [-0.25, -0.2) is 9.21 Å². The number of nitrogens with zero attached hydrogens (tertiary/aromatic N) is 2. The summed E-state index contributed by atoms with van der Waals surface area (Å²) >= 11 is 5.45. The Morgan fingerprint density at radius 2 is 2.30 bits per heavy atom. The molecular weight excluding hydrogens is 156 g/mol. The Labute approximate surface area is 64.1 Å². The number of rotatable bonds is 2. The van der Waals surface area contributed by atoms with Crippen molar-refractivity contribution in [2.24, 2.45) is 0 Å². The Morgan fingerprint density at radius 1 is 1.60 bits per heavy atom. The molecule has 2 amide bonds. The van der Waals surface area contributed by atoms with Crippen LogP contribution in [-0.2, 0) is 0 Å². The van der Waals surface area contributed by atoms with Crippen molar-refractivity contribution in [2.45, 2.75) is 0 Å². The van der Waals surface area contributed by atoms with Gasteiger partial charge in [0.1, 0.15) is 0 Å². The van der Waals surface area contributed by atoms with Crippen LogP contribution in [-0.4, -0.2) is 46.7 Å². The maximum Gasteiger partial charge on any atom is 0.334 e. The van der Waals surface area contributed by atoms with E-state index < -0.39 is 0 Å². The first-order chi connectivity index (χ1) is 4.75. The van der Waals surface area contributed by atoms with Crippen LogP contribution in [0.2, 0.25) is 0 Å². The molecule has 0 bridgehead atoms. The van der Waals surface area contributed by atoms with Gasteiger partial charge in [0, 0.05) is 24.9 Å². The van der Waals surface area contributed by atoms with E-state index in [1.807, 2.05) is 0 Å². The highest BCUT2D eigenvalue weighted by atomic mass is 35.5. The van der Waals surface area contributed by atoms with Crippen molar-refractivity contribution in [1.82, 2.24) is 9.32 Å². The number of carbonyl (C=O) groups is 1. The van der Waals surface area contributed by atoms with Gasteiger partial charge in [0.2, 0.25) is 0 Å². The molecule has 4 nitrogen and oxygen atoms in total. The molecule has 0 aromatic carbocycles. The highest BCUT2D eigenvalue weighted by Gasteiger charge is 2.25. The van der Waals surface area contributed by atoms with Gasteiger partial charge in [0.05, 0.1) is 13.2 Å². The summed E-state index contributed by atoms with van der Waals surface area (Å²) in [5, 5.41) is 8.48. The van der Waals surface area contributed by atoms with Crippen LogP contribution >= 0.6 is 11.8 Å². The first-order valence-electron chi connectivity index (χ1n) is 3.09. The zero-order chi connectivity index (χ0) is 7.56. The van der Waals surface area contributed by atoms with Crippen LogP contribution in [0.1, 0.15) is 0 Å². The number of urea groups is 1. The molecule has 0 saturated carbocycles. The van der Waals surface area contributed by atoms with Gasteiger partial charge in [-0.2, -0.15) is 0 Å². The molecule has 0 unspecified atom stereocenters. The highest BCUT2D eigenvalue weighted by molar-refractivity contribution is 6.21. The fourth-order valence-electron chi connectivity index (χ4n) is 0.881. The van der Waals surface area contributed by atoms with Gasteiger partial charge < -0.3 is 10.0 Å². The standard InChI is InChI=1S/C5H9ClN2O2/c6-8-2-1-7(3-4-9)5(8)10/h9H,1-4H2. The molecule has 58 valence electrons. The molecule has 0 aliphatic carbocycles. The fraction of sp³-hybridized carbons (Fsp3) is 0.800. The molecule has 0 radical (unpaired) electrons. The number of aliphatic hydroxyl groups is 1. The quantitative estimate of drug-likeness (QED) is 0.578. The molecule has 0 aromatic rings. The van der Waals surface area contributed by atoms with Gasteiger partial charge in [-0.15, -0.1) is 0 Å². The van der Waals surface area contributed by atoms with Crippen molar-refractivity contribution in [2.75, 3.05) is 26.2 Å². The maximum atomic E-state index is 10.9. The number of carbonyl (C=O) groups excluding carboxylic acids is 1. The normalized spacial score (nSPS) is 18.8. The molecule has 0 aromatic heterocycles. The second-order valence-electron chi connectivity index (χ2n) is 2.08. The SMILES string of the molecule is O=C1N(Cl)CCN1CCO. The van der Waals surface area contributed by atoms with E-state index in [1.165, 1.54) is 4.90 Å². The van der Waals surface area contributed by atoms with Gasteiger partial charge in [-0.3, -0.25) is 0 Å². The van der Waals surface area contributed by atoms with Crippen molar-refractivity contribution in [3.8, 4) is 0 Å². The first kappa shape index (κ1) is 7.63. The smallest absolute Gasteiger partial charge is 0.334 e. The van der Waals surface area contributed by atoms with Crippen LogP contribution in [0.25, 0.3) is 0 Å². The summed E-state index contributed by atoms with van der Waals surface area (Å²) in [6.07, 6.45) is 0. The average molecular weight is 165 g/mol. The summed E-state index contributed by atoms with van der Waals surface area (Å²) in [5.41, 5.74) is 0.